The molecule has 1 unspecified atom stereocenters. The van der Waals surface area contributed by atoms with Crippen molar-refractivity contribution in [2.24, 2.45) is 0 Å². The molecule has 232 valence electrons. The Morgan fingerprint density at radius 2 is 1.53 bits per heavy atom. The fourth-order valence-corrected chi connectivity index (χ4v) is 5.63. The van der Waals surface area contributed by atoms with Crippen LogP contribution in [0.2, 0.25) is 0 Å². The van der Waals surface area contributed by atoms with E-state index in [4.69, 9.17) is 0 Å². The number of aliphatic hydroxyl groups excluding tert-OH is 1. The van der Waals surface area contributed by atoms with E-state index < -0.39 is 6.10 Å². The van der Waals surface area contributed by atoms with Crippen LogP contribution in [0.15, 0.2) is 103 Å². The first-order chi connectivity index (χ1) is 21.6. The maximum absolute atomic E-state index is 12.8. The van der Waals surface area contributed by atoms with Crippen LogP contribution in [0.5, 0.6) is 5.75 Å². The highest BCUT2D eigenvalue weighted by atomic mass is 16.3. The lowest BCUT2D eigenvalue weighted by atomic mass is 9.93. The lowest BCUT2D eigenvalue weighted by molar-refractivity contribution is -0.120. The number of phenolic OH excluding ortho intramolecular Hbond substituents is 1. The molecule has 1 atom stereocenters. The summed E-state index contributed by atoms with van der Waals surface area (Å²) in [6.07, 6.45) is 2.09. The zero-order valence-corrected chi connectivity index (χ0v) is 26.4. The minimum atomic E-state index is -0.686. The summed E-state index contributed by atoms with van der Waals surface area (Å²) >= 11 is 0. The third-order valence-corrected chi connectivity index (χ3v) is 8.05. The number of β-amino-alcohol motifs (C(OH)–C–C–N with tert-alkyl or cyclic N) is 1. The largest absolute Gasteiger partial charge is 0.508 e. The predicted molar refractivity (Wildman–Crippen MR) is 179 cm³/mol. The summed E-state index contributed by atoms with van der Waals surface area (Å²) in [6, 6.07) is 31.3. The zero-order valence-electron chi connectivity index (χ0n) is 26.4. The van der Waals surface area contributed by atoms with Gasteiger partial charge in [-0.05, 0) is 98.3 Å². The number of hydrogen-bond acceptors (Lipinski definition) is 5. The number of carbonyl (C=O) groups is 1. The highest BCUT2D eigenvalue weighted by molar-refractivity contribution is 5.78. The lowest BCUT2D eigenvalue weighted by Crippen LogP contribution is -2.43. The molecular formula is C38H42N4O3. The van der Waals surface area contributed by atoms with Gasteiger partial charge < -0.3 is 25.4 Å². The molecule has 0 saturated heterocycles. The van der Waals surface area contributed by atoms with Crippen molar-refractivity contribution in [2.45, 2.75) is 58.7 Å². The second-order valence-corrected chi connectivity index (χ2v) is 12.4. The fourth-order valence-electron chi connectivity index (χ4n) is 5.63. The summed E-state index contributed by atoms with van der Waals surface area (Å²) < 4.78 is 2.09. The SMILES string of the molecule is Cc1ccc(C)n1-c1ccc(C(O)CNC(C)(C)Cc2cccc(CC(=O)NCc3cccc(-c4ccc(O)cc4)c3)c2)cn1. The van der Waals surface area contributed by atoms with Crippen molar-refractivity contribution < 1.29 is 15.0 Å². The van der Waals surface area contributed by atoms with E-state index in [1.165, 1.54) is 0 Å². The Morgan fingerprint density at radius 3 is 2.24 bits per heavy atom. The molecule has 0 aliphatic rings. The van der Waals surface area contributed by atoms with Crippen molar-refractivity contribution in [3.05, 3.63) is 137 Å². The van der Waals surface area contributed by atoms with Crippen LogP contribution in [0.3, 0.4) is 0 Å². The number of amides is 1. The summed E-state index contributed by atoms with van der Waals surface area (Å²) in [7, 11) is 0. The molecule has 7 heteroatoms. The van der Waals surface area contributed by atoms with Crippen LogP contribution in [-0.2, 0) is 24.2 Å². The maximum atomic E-state index is 12.8. The molecule has 0 aliphatic heterocycles. The van der Waals surface area contributed by atoms with E-state index in [0.29, 0.717) is 19.5 Å². The maximum Gasteiger partial charge on any atom is 0.224 e. The van der Waals surface area contributed by atoms with E-state index >= 15 is 0 Å². The third kappa shape index (κ3) is 8.47. The number of phenols is 1. The van der Waals surface area contributed by atoms with E-state index in [0.717, 1.165) is 57.0 Å². The Kier molecular flexibility index (Phi) is 9.81. The fraction of sp³-hybridized carbons (Fsp3) is 0.263. The van der Waals surface area contributed by atoms with Crippen LogP contribution in [0, 0.1) is 13.8 Å². The molecule has 45 heavy (non-hydrogen) atoms. The van der Waals surface area contributed by atoms with Crippen LogP contribution in [0.1, 0.15) is 53.6 Å². The summed E-state index contributed by atoms with van der Waals surface area (Å²) in [5.41, 5.74) is 7.86. The molecule has 5 aromatic rings. The smallest absolute Gasteiger partial charge is 0.224 e. The number of aryl methyl sites for hydroxylation is 2. The summed E-state index contributed by atoms with van der Waals surface area (Å²) in [4.78, 5) is 17.4. The highest BCUT2D eigenvalue weighted by Crippen LogP contribution is 2.23. The Bertz CT molecular complexity index is 1720. The number of aliphatic hydroxyl groups is 1. The van der Waals surface area contributed by atoms with Crippen LogP contribution < -0.4 is 10.6 Å². The Balaban J connectivity index is 1.11. The van der Waals surface area contributed by atoms with E-state index in [2.05, 4.69) is 78.2 Å². The van der Waals surface area contributed by atoms with Crippen molar-refractivity contribution in [3.63, 3.8) is 0 Å². The average Bonchev–Trinajstić information content (AvgIpc) is 3.36. The highest BCUT2D eigenvalue weighted by Gasteiger charge is 2.20. The number of benzene rings is 3. The molecule has 0 spiro atoms. The molecule has 7 nitrogen and oxygen atoms in total. The van der Waals surface area contributed by atoms with Crippen LogP contribution >= 0.6 is 0 Å². The molecule has 2 heterocycles. The molecule has 0 radical (unpaired) electrons. The predicted octanol–water partition coefficient (Wildman–Crippen LogP) is 6.36. The normalized spacial score (nSPS) is 12.2. The van der Waals surface area contributed by atoms with E-state index in [1.807, 2.05) is 54.6 Å². The molecule has 0 aliphatic carbocycles. The summed E-state index contributed by atoms with van der Waals surface area (Å²) in [5.74, 6) is 1.04. The number of rotatable bonds is 12. The van der Waals surface area contributed by atoms with Gasteiger partial charge in [-0.3, -0.25) is 4.79 Å². The van der Waals surface area contributed by atoms with Gasteiger partial charge >= 0.3 is 0 Å². The number of nitrogens with one attached hydrogen (secondary N) is 2. The molecule has 0 fully saturated rings. The quantitative estimate of drug-likeness (QED) is 0.133. The van der Waals surface area contributed by atoms with E-state index in [-0.39, 0.29) is 17.2 Å². The molecule has 1 amide bonds. The van der Waals surface area contributed by atoms with Crippen molar-refractivity contribution in [1.82, 2.24) is 20.2 Å². The topological polar surface area (TPSA) is 99.4 Å². The van der Waals surface area contributed by atoms with Gasteiger partial charge in [0.1, 0.15) is 11.6 Å². The minimum absolute atomic E-state index is 0.0376. The van der Waals surface area contributed by atoms with E-state index in [1.54, 1.807) is 18.3 Å². The third-order valence-electron chi connectivity index (χ3n) is 8.05. The van der Waals surface area contributed by atoms with Gasteiger partial charge in [0.05, 0.1) is 12.5 Å². The molecule has 5 rings (SSSR count). The Hall–Kier alpha value is -4.72. The number of aromatic hydroxyl groups is 1. The van der Waals surface area contributed by atoms with Gasteiger partial charge in [-0.1, -0.05) is 60.7 Å². The van der Waals surface area contributed by atoms with E-state index in [9.17, 15) is 15.0 Å². The van der Waals surface area contributed by atoms with Gasteiger partial charge in [0.15, 0.2) is 0 Å². The molecule has 4 N–H and O–H groups in total. The number of carbonyl (C=O) groups excluding carboxylic acids is 1. The molecule has 0 bridgehead atoms. The van der Waals surface area contributed by atoms with Crippen molar-refractivity contribution >= 4 is 5.91 Å². The van der Waals surface area contributed by atoms with Gasteiger partial charge in [-0.2, -0.15) is 0 Å². The van der Waals surface area contributed by atoms with Crippen molar-refractivity contribution in [2.75, 3.05) is 6.54 Å². The first kappa shape index (κ1) is 31.7. The zero-order chi connectivity index (χ0) is 32.0. The van der Waals surface area contributed by atoms with Gasteiger partial charge in [-0.15, -0.1) is 0 Å². The first-order valence-corrected chi connectivity index (χ1v) is 15.3. The Morgan fingerprint density at radius 1 is 0.844 bits per heavy atom. The molecule has 3 aromatic carbocycles. The monoisotopic (exact) mass is 602 g/mol. The van der Waals surface area contributed by atoms with Gasteiger partial charge in [-0.25, -0.2) is 4.98 Å². The summed E-state index contributed by atoms with van der Waals surface area (Å²) in [6.45, 7) is 9.17. The number of aromatic nitrogens is 2. The molecular weight excluding hydrogens is 560 g/mol. The van der Waals surface area contributed by atoms with Gasteiger partial charge in [0, 0.05) is 41.8 Å². The number of pyridine rings is 1. The lowest BCUT2D eigenvalue weighted by Gasteiger charge is -2.28. The van der Waals surface area contributed by atoms with Crippen molar-refractivity contribution in [3.8, 4) is 22.7 Å². The van der Waals surface area contributed by atoms with Crippen LogP contribution in [-0.4, -0.2) is 37.8 Å². The summed E-state index contributed by atoms with van der Waals surface area (Å²) in [5, 5.41) is 27.0. The first-order valence-electron chi connectivity index (χ1n) is 15.3. The minimum Gasteiger partial charge on any atom is -0.508 e. The van der Waals surface area contributed by atoms with Crippen LogP contribution in [0.25, 0.3) is 16.9 Å². The Labute approximate surface area is 265 Å². The molecule has 0 saturated carbocycles. The van der Waals surface area contributed by atoms with Crippen LogP contribution in [0.4, 0.5) is 0 Å². The second kappa shape index (κ2) is 13.9. The second-order valence-electron chi connectivity index (χ2n) is 12.4. The number of nitrogens with zero attached hydrogens (tertiary/aromatic N) is 2. The standard InChI is InChI=1S/C38H42N4O3/c1-26-11-12-27(2)42(26)36-18-15-33(24-39-36)35(44)25-41-38(3,4)22-29-8-5-7-28(19-29)21-37(45)40-23-30-9-6-10-32(20-30)31-13-16-34(43)17-14-31/h5-20,24,35,41,43-44H,21-23,25H2,1-4H3,(H,40,45). The molecule has 2 aromatic heterocycles. The average molecular weight is 603 g/mol. The van der Waals surface area contributed by atoms with Crippen molar-refractivity contribution in [1.29, 1.82) is 0 Å². The number of hydrogen-bond donors (Lipinski definition) is 4. The van der Waals surface area contributed by atoms with Gasteiger partial charge in [0.2, 0.25) is 5.91 Å². The van der Waals surface area contributed by atoms with Gasteiger partial charge in [0.25, 0.3) is 0 Å².